The van der Waals surface area contributed by atoms with Gasteiger partial charge >= 0.3 is 0 Å². The molecule has 1 aliphatic rings. The molecule has 0 aromatic heterocycles. The topological polar surface area (TPSA) is 15.3 Å². The molecule has 21 heavy (non-hydrogen) atoms. The summed E-state index contributed by atoms with van der Waals surface area (Å²) in [5.74, 6) is 0. The first-order valence-corrected chi connectivity index (χ1v) is 8.15. The van der Waals surface area contributed by atoms with E-state index in [2.05, 4.69) is 63.6 Å². The number of piperazine rings is 1. The van der Waals surface area contributed by atoms with Gasteiger partial charge in [-0.3, -0.25) is 4.90 Å². The second-order valence-corrected chi connectivity index (χ2v) is 6.31. The van der Waals surface area contributed by atoms with Crippen LogP contribution in [0.15, 0.2) is 65.7 Å². The lowest BCUT2D eigenvalue weighted by atomic mass is 10.0. The van der Waals surface area contributed by atoms with Crippen molar-refractivity contribution in [2.45, 2.75) is 19.0 Å². The average Bonchev–Trinajstić information content (AvgIpc) is 2.49. The Morgan fingerprint density at radius 3 is 2.76 bits per heavy atom. The molecule has 1 aliphatic heterocycles. The highest BCUT2D eigenvalue weighted by Gasteiger charge is 2.19. The number of halogens is 1. The molecular weight excluding hydrogens is 324 g/mol. The molecule has 1 saturated heterocycles. The Kier molecular flexibility index (Phi) is 6.43. The summed E-state index contributed by atoms with van der Waals surface area (Å²) in [7, 11) is 0. The molecule has 0 spiro atoms. The molecule has 2 nitrogen and oxygen atoms in total. The second-order valence-electron chi connectivity index (χ2n) is 5.40. The van der Waals surface area contributed by atoms with Crippen molar-refractivity contribution in [3.63, 3.8) is 0 Å². The molecule has 0 aliphatic carbocycles. The van der Waals surface area contributed by atoms with Gasteiger partial charge in [0.2, 0.25) is 0 Å². The number of nitrogens with zero attached hydrogens (tertiary/aromatic N) is 1. The number of hydrogen-bond acceptors (Lipinski definition) is 2. The first kappa shape index (κ1) is 16.2. The van der Waals surface area contributed by atoms with Crippen molar-refractivity contribution in [1.82, 2.24) is 10.2 Å². The minimum Gasteiger partial charge on any atom is -0.311 e. The molecule has 0 unspecified atom stereocenters. The van der Waals surface area contributed by atoms with Gasteiger partial charge in [0.1, 0.15) is 0 Å². The summed E-state index contributed by atoms with van der Waals surface area (Å²) < 4.78 is 1.13. The molecule has 3 heteroatoms. The van der Waals surface area contributed by atoms with Crippen molar-refractivity contribution in [1.29, 1.82) is 0 Å². The van der Waals surface area contributed by atoms with Crippen molar-refractivity contribution in [2.24, 2.45) is 0 Å². The quantitative estimate of drug-likeness (QED) is 0.785. The summed E-state index contributed by atoms with van der Waals surface area (Å²) in [6, 6.07) is 9.08. The summed E-state index contributed by atoms with van der Waals surface area (Å²) in [6.07, 6.45) is 6.81. The third-order valence-electron chi connectivity index (χ3n) is 3.74. The van der Waals surface area contributed by atoms with Crippen LogP contribution in [0.25, 0.3) is 0 Å². The van der Waals surface area contributed by atoms with Crippen LogP contribution in [0.5, 0.6) is 0 Å². The molecule has 0 saturated carbocycles. The maximum absolute atomic E-state index is 3.88. The van der Waals surface area contributed by atoms with Gasteiger partial charge in [0.15, 0.2) is 0 Å². The lowest BCUT2D eigenvalue weighted by molar-refractivity contribution is 0.192. The average molecular weight is 347 g/mol. The summed E-state index contributed by atoms with van der Waals surface area (Å²) >= 11 is 3.48. The van der Waals surface area contributed by atoms with E-state index in [1.165, 1.54) is 11.1 Å². The lowest BCUT2D eigenvalue weighted by Gasteiger charge is -2.34. The Bertz CT molecular complexity index is 504. The lowest BCUT2D eigenvalue weighted by Crippen LogP contribution is -2.50. The predicted octanol–water partition coefficient (Wildman–Crippen LogP) is 3.91. The van der Waals surface area contributed by atoms with Gasteiger partial charge in [-0.15, -0.1) is 0 Å². The molecule has 0 bridgehead atoms. The van der Waals surface area contributed by atoms with E-state index >= 15 is 0 Å². The number of benzene rings is 1. The first-order valence-electron chi connectivity index (χ1n) is 7.35. The molecule has 0 amide bonds. The maximum atomic E-state index is 3.88. The van der Waals surface area contributed by atoms with Gasteiger partial charge in [0, 0.05) is 36.7 Å². The fourth-order valence-corrected chi connectivity index (χ4v) is 2.94. The zero-order valence-corrected chi connectivity index (χ0v) is 14.0. The van der Waals surface area contributed by atoms with E-state index in [0.29, 0.717) is 6.04 Å². The Balaban J connectivity index is 1.91. The van der Waals surface area contributed by atoms with Gasteiger partial charge in [0.05, 0.1) is 0 Å². The molecule has 1 fully saturated rings. The van der Waals surface area contributed by atoms with E-state index in [9.17, 15) is 0 Å². The van der Waals surface area contributed by atoms with E-state index in [0.717, 1.165) is 37.1 Å². The monoisotopic (exact) mass is 346 g/mol. The van der Waals surface area contributed by atoms with Gasteiger partial charge in [-0.25, -0.2) is 0 Å². The largest absolute Gasteiger partial charge is 0.311 e. The Labute approximate surface area is 136 Å². The number of nitrogens with one attached hydrogen (secondary N) is 1. The minimum atomic E-state index is 0.485. The highest BCUT2D eigenvalue weighted by Crippen LogP contribution is 2.15. The normalized spacial score (nSPS) is 20.2. The van der Waals surface area contributed by atoms with Crippen molar-refractivity contribution in [3.8, 4) is 0 Å². The van der Waals surface area contributed by atoms with Gasteiger partial charge in [-0.1, -0.05) is 59.4 Å². The number of hydrogen-bond donors (Lipinski definition) is 1. The van der Waals surface area contributed by atoms with Gasteiger partial charge in [-0.05, 0) is 29.7 Å². The highest BCUT2D eigenvalue weighted by atomic mass is 79.9. The molecule has 0 radical (unpaired) electrons. The SMILES string of the molecule is C=C/C=C(\C=C)C[C@H]1CN(Cc2ccc(Br)cc2)CCN1. The van der Waals surface area contributed by atoms with Gasteiger partial charge in [-0.2, -0.15) is 0 Å². The van der Waals surface area contributed by atoms with Crippen LogP contribution in [0, 0.1) is 0 Å². The third-order valence-corrected chi connectivity index (χ3v) is 4.26. The fourth-order valence-electron chi connectivity index (χ4n) is 2.68. The standard InChI is InChI=1S/C18H23BrN2/c1-3-5-15(4-2)12-18-14-21(11-10-20-18)13-16-6-8-17(19)9-7-16/h3-9,18,20H,1-2,10-14H2/b15-5+/t18-/m0/s1. The van der Waals surface area contributed by atoms with Crippen LogP contribution in [0.4, 0.5) is 0 Å². The van der Waals surface area contributed by atoms with Crippen LogP contribution >= 0.6 is 15.9 Å². The van der Waals surface area contributed by atoms with Crippen LogP contribution in [0.1, 0.15) is 12.0 Å². The van der Waals surface area contributed by atoms with Crippen molar-refractivity contribution in [2.75, 3.05) is 19.6 Å². The summed E-state index contributed by atoms with van der Waals surface area (Å²) in [5, 5.41) is 3.60. The van der Waals surface area contributed by atoms with Crippen LogP contribution in [-0.4, -0.2) is 30.6 Å². The summed E-state index contributed by atoms with van der Waals surface area (Å²) in [5.41, 5.74) is 2.61. The van der Waals surface area contributed by atoms with Crippen LogP contribution < -0.4 is 5.32 Å². The second kappa shape index (κ2) is 8.32. The smallest absolute Gasteiger partial charge is 0.0236 e. The van der Waals surface area contributed by atoms with E-state index < -0.39 is 0 Å². The van der Waals surface area contributed by atoms with Crippen molar-refractivity contribution >= 4 is 15.9 Å². The minimum absolute atomic E-state index is 0.485. The van der Waals surface area contributed by atoms with Crippen molar-refractivity contribution < 1.29 is 0 Å². The maximum Gasteiger partial charge on any atom is 0.0236 e. The third kappa shape index (κ3) is 5.27. The Hall–Kier alpha value is -1.16. The molecule has 1 heterocycles. The van der Waals surface area contributed by atoms with E-state index in [4.69, 9.17) is 0 Å². The zero-order chi connectivity index (χ0) is 15.1. The van der Waals surface area contributed by atoms with Crippen molar-refractivity contribution in [3.05, 3.63) is 71.3 Å². The summed E-state index contributed by atoms with van der Waals surface area (Å²) in [4.78, 5) is 2.51. The Morgan fingerprint density at radius 2 is 2.10 bits per heavy atom. The fraction of sp³-hybridized carbons (Fsp3) is 0.333. The van der Waals surface area contributed by atoms with E-state index in [1.807, 2.05) is 18.2 Å². The van der Waals surface area contributed by atoms with E-state index in [-0.39, 0.29) is 0 Å². The molecular formula is C18H23BrN2. The number of rotatable bonds is 6. The molecule has 1 aromatic rings. The Morgan fingerprint density at radius 1 is 1.33 bits per heavy atom. The molecule has 2 rings (SSSR count). The first-order chi connectivity index (χ1) is 10.2. The van der Waals surface area contributed by atoms with Gasteiger partial charge < -0.3 is 5.32 Å². The zero-order valence-electron chi connectivity index (χ0n) is 12.4. The summed E-state index contributed by atoms with van der Waals surface area (Å²) in [6.45, 7) is 11.9. The van der Waals surface area contributed by atoms with Crippen LogP contribution in [0.3, 0.4) is 0 Å². The predicted molar refractivity (Wildman–Crippen MR) is 94.3 cm³/mol. The molecule has 1 N–H and O–H groups in total. The van der Waals surface area contributed by atoms with E-state index in [1.54, 1.807) is 0 Å². The number of allylic oxidation sites excluding steroid dienone is 3. The highest BCUT2D eigenvalue weighted by molar-refractivity contribution is 9.10. The molecule has 1 atom stereocenters. The molecule has 112 valence electrons. The van der Waals surface area contributed by atoms with Gasteiger partial charge in [0.25, 0.3) is 0 Å². The van der Waals surface area contributed by atoms with Crippen LogP contribution in [-0.2, 0) is 6.54 Å². The molecule has 1 aromatic carbocycles. The van der Waals surface area contributed by atoms with Crippen LogP contribution in [0.2, 0.25) is 0 Å².